The zero-order valence-electron chi connectivity index (χ0n) is 17.9. The van der Waals surface area contributed by atoms with Gasteiger partial charge in [-0.25, -0.2) is 12.8 Å². The number of sulfonamides is 1. The molecular weight excluding hydrogens is 473 g/mol. The van der Waals surface area contributed by atoms with Crippen LogP contribution in [0.2, 0.25) is 0 Å². The summed E-state index contributed by atoms with van der Waals surface area (Å²) in [5.41, 5.74) is 1.62. The number of benzene rings is 4. The van der Waals surface area contributed by atoms with Gasteiger partial charge in [0, 0.05) is 23.7 Å². The molecule has 0 aliphatic heterocycles. The number of aryl methyl sites for hydroxylation is 1. The Kier molecular flexibility index (Phi) is 5.51. The molecule has 0 saturated carbocycles. The summed E-state index contributed by atoms with van der Waals surface area (Å²) in [4.78, 5) is 17.6. The van der Waals surface area contributed by atoms with E-state index in [9.17, 15) is 17.6 Å². The van der Waals surface area contributed by atoms with Gasteiger partial charge in [0.2, 0.25) is 0 Å². The molecule has 0 unspecified atom stereocenters. The number of halogens is 1. The van der Waals surface area contributed by atoms with E-state index in [1.54, 1.807) is 0 Å². The molecule has 0 fully saturated rings. The smallest absolute Gasteiger partial charge is 0.279 e. The molecule has 0 radical (unpaired) electrons. The van der Waals surface area contributed by atoms with Crippen molar-refractivity contribution < 1.29 is 17.6 Å². The van der Waals surface area contributed by atoms with Crippen LogP contribution in [0.5, 0.6) is 0 Å². The number of amides is 1. The highest BCUT2D eigenvalue weighted by Crippen LogP contribution is 2.26. The third-order valence-electron chi connectivity index (χ3n) is 5.39. The summed E-state index contributed by atoms with van der Waals surface area (Å²) in [6, 6.07) is 22.6. The van der Waals surface area contributed by atoms with Crippen LogP contribution in [0.25, 0.3) is 21.0 Å². The van der Waals surface area contributed by atoms with Crippen LogP contribution in [-0.2, 0) is 17.1 Å². The third-order valence-corrected chi connectivity index (χ3v) is 7.89. The van der Waals surface area contributed by atoms with Gasteiger partial charge in [0.25, 0.3) is 15.9 Å². The Morgan fingerprint density at radius 1 is 0.941 bits per heavy atom. The highest BCUT2D eigenvalue weighted by Gasteiger charge is 2.15. The lowest BCUT2D eigenvalue weighted by atomic mass is 10.1. The van der Waals surface area contributed by atoms with E-state index in [1.807, 2.05) is 48.0 Å². The van der Waals surface area contributed by atoms with Gasteiger partial charge >= 0.3 is 0 Å². The number of thiazole rings is 1. The Balaban J connectivity index is 1.42. The van der Waals surface area contributed by atoms with E-state index in [0.29, 0.717) is 10.4 Å². The van der Waals surface area contributed by atoms with E-state index < -0.39 is 21.7 Å². The number of rotatable bonds is 4. The minimum Gasteiger partial charge on any atom is -0.319 e. The van der Waals surface area contributed by atoms with Crippen molar-refractivity contribution in [2.75, 3.05) is 4.72 Å². The summed E-state index contributed by atoms with van der Waals surface area (Å²) in [5.74, 6) is -0.954. The summed E-state index contributed by atoms with van der Waals surface area (Å²) < 4.78 is 43.4. The largest absolute Gasteiger partial charge is 0.319 e. The van der Waals surface area contributed by atoms with Crippen molar-refractivity contribution in [3.05, 3.63) is 101 Å². The normalized spacial score (nSPS) is 12.4. The molecule has 4 aromatic carbocycles. The zero-order valence-corrected chi connectivity index (χ0v) is 19.5. The maximum absolute atomic E-state index is 13.1. The van der Waals surface area contributed by atoms with Gasteiger partial charge < -0.3 is 4.57 Å². The molecule has 1 heterocycles. The van der Waals surface area contributed by atoms with Gasteiger partial charge in [-0.15, -0.1) is 0 Å². The Labute approximate surface area is 198 Å². The quantitative estimate of drug-likeness (QED) is 0.381. The minimum absolute atomic E-state index is 0.0613. The number of fused-ring (bicyclic) bond motifs is 3. The lowest BCUT2D eigenvalue weighted by Crippen LogP contribution is -2.14. The molecule has 0 aliphatic rings. The van der Waals surface area contributed by atoms with E-state index in [-0.39, 0.29) is 10.6 Å². The zero-order chi connectivity index (χ0) is 23.9. The van der Waals surface area contributed by atoms with Crippen LogP contribution in [0.1, 0.15) is 10.4 Å². The average Bonchev–Trinajstić information content (AvgIpc) is 3.15. The van der Waals surface area contributed by atoms with Crippen molar-refractivity contribution >= 4 is 53.9 Å². The number of nitrogens with one attached hydrogen (secondary N) is 1. The van der Waals surface area contributed by atoms with Crippen molar-refractivity contribution in [3.8, 4) is 0 Å². The number of aromatic nitrogens is 1. The number of carbonyl (C=O) groups is 1. The van der Waals surface area contributed by atoms with Crippen molar-refractivity contribution in [3.63, 3.8) is 0 Å². The molecule has 1 N–H and O–H groups in total. The third kappa shape index (κ3) is 4.11. The topological polar surface area (TPSA) is 80.5 Å². The Morgan fingerprint density at radius 2 is 1.65 bits per heavy atom. The fourth-order valence-electron chi connectivity index (χ4n) is 3.68. The predicted molar refractivity (Wildman–Crippen MR) is 132 cm³/mol. The van der Waals surface area contributed by atoms with Gasteiger partial charge in [-0.05, 0) is 60.0 Å². The molecule has 0 aliphatic carbocycles. The van der Waals surface area contributed by atoms with E-state index in [4.69, 9.17) is 0 Å². The molecule has 5 aromatic rings. The first-order valence-corrected chi connectivity index (χ1v) is 12.6. The number of hydrogen-bond donors (Lipinski definition) is 1. The molecule has 170 valence electrons. The molecule has 1 amide bonds. The summed E-state index contributed by atoms with van der Waals surface area (Å²) in [6.45, 7) is 0. The molecule has 0 spiro atoms. The standard InChI is InChI=1S/C25H18FN3O3S2/c1-29-23-21-5-3-2-4-16(21)8-15-22(23)33-25(29)27-24(30)17-6-11-19(12-7-17)28-34(31,32)20-13-9-18(26)10-14-20/h2-15,28H,1H3. The molecule has 5 rings (SSSR count). The number of hydrogen-bond acceptors (Lipinski definition) is 4. The summed E-state index contributed by atoms with van der Waals surface area (Å²) in [5, 5.41) is 2.20. The van der Waals surface area contributed by atoms with Crippen molar-refractivity contribution in [2.24, 2.45) is 12.0 Å². The van der Waals surface area contributed by atoms with Gasteiger partial charge in [0.15, 0.2) is 4.80 Å². The summed E-state index contributed by atoms with van der Waals surface area (Å²) in [6.07, 6.45) is 0. The van der Waals surface area contributed by atoms with Gasteiger partial charge in [-0.3, -0.25) is 9.52 Å². The van der Waals surface area contributed by atoms with Crippen molar-refractivity contribution in [1.82, 2.24) is 4.57 Å². The number of nitrogens with zero attached hydrogens (tertiary/aromatic N) is 2. The Bertz CT molecular complexity index is 1720. The number of anilines is 1. The van der Waals surface area contributed by atoms with Gasteiger partial charge in [0.05, 0.1) is 15.1 Å². The molecule has 0 saturated heterocycles. The van der Waals surface area contributed by atoms with E-state index in [2.05, 4.69) is 9.71 Å². The SMILES string of the molecule is Cn1c(=NC(=O)c2ccc(NS(=O)(=O)c3ccc(F)cc3)cc2)sc2ccc3ccccc3c21. The summed E-state index contributed by atoms with van der Waals surface area (Å²) in [7, 11) is -2.00. The maximum Gasteiger partial charge on any atom is 0.279 e. The van der Waals surface area contributed by atoms with E-state index >= 15 is 0 Å². The molecule has 0 bridgehead atoms. The van der Waals surface area contributed by atoms with Gasteiger partial charge in [-0.1, -0.05) is 41.7 Å². The molecule has 1 aromatic heterocycles. The maximum atomic E-state index is 13.1. The van der Waals surface area contributed by atoms with E-state index in [1.165, 1.54) is 47.7 Å². The molecule has 9 heteroatoms. The van der Waals surface area contributed by atoms with E-state index in [0.717, 1.165) is 33.1 Å². The Hall–Kier alpha value is -3.82. The molecular formula is C25H18FN3O3S2. The second-order valence-corrected chi connectivity index (χ2v) is 10.3. The fraction of sp³-hybridized carbons (Fsp3) is 0.0400. The lowest BCUT2D eigenvalue weighted by molar-refractivity contribution is 0.0998. The van der Waals surface area contributed by atoms with Crippen LogP contribution in [0.3, 0.4) is 0 Å². The number of carbonyl (C=O) groups excluding carboxylic acids is 1. The Morgan fingerprint density at radius 3 is 2.38 bits per heavy atom. The van der Waals surface area contributed by atoms with Gasteiger partial charge in [-0.2, -0.15) is 4.99 Å². The monoisotopic (exact) mass is 491 g/mol. The van der Waals surface area contributed by atoms with Crippen LogP contribution in [0.4, 0.5) is 10.1 Å². The van der Waals surface area contributed by atoms with Crippen LogP contribution < -0.4 is 9.52 Å². The summed E-state index contributed by atoms with van der Waals surface area (Å²) >= 11 is 1.43. The molecule has 0 atom stereocenters. The highest BCUT2D eigenvalue weighted by molar-refractivity contribution is 7.92. The molecule has 6 nitrogen and oxygen atoms in total. The first-order valence-electron chi connectivity index (χ1n) is 10.3. The second-order valence-electron chi connectivity index (χ2n) is 7.63. The van der Waals surface area contributed by atoms with Crippen molar-refractivity contribution in [1.29, 1.82) is 0 Å². The van der Waals surface area contributed by atoms with Crippen LogP contribution in [0, 0.1) is 5.82 Å². The van der Waals surface area contributed by atoms with Gasteiger partial charge in [0.1, 0.15) is 5.82 Å². The minimum atomic E-state index is -3.88. The van der Waals surface area contributed by atoms with Crippen LogP contribution in [-0.4, -0.2) is 18.9 Å². The fourth-order valence-corrected chi connectivity index (χ4v) is 5.78. The second kappa shape index (κ2) is 8.51. The van der Waals surface area contributed by atoms with Crippen LogP contribution in [0.15, 0.2) is 94.8 Å². The van der Waals surface area contributed by atoms with Crippen LogP contribution >= 0.6 is 11.3 Å². The highest BCUT2D eigenvalue weighted by atomic mass is 32.2. The molecule has 34 heavy (non-hydrogen) atoms. The average molecular weight is 492 g/mol. The van der Waals surface area contributed by atoms with Crippen molar-refractivity contribution in [2.45, 2.75) is 4.90 Å². The first kappa shape index (κ1) is 22.0. The lowest BCUT2D eigenvalue weighted by Gasteiger charge is -2.08. The predicted octanol–water partition coefficient (Wildman–Crippen LogP) is 5.07. The first-order chi connectivity index (χ1) is 16.3.